The predicted molar refractivity (Wildman–Crippen MR) is 138 cm³/mol. The molecule has 4 aromatic rings. The number of halogens is 3. The van der Waals surface area contributed by atoms with Crippen LogP contribution in [-0.4, -0.2) is 15.8 Å². The van der Waals surface area contributed by atoms with E-state index >= 15 is 0 Å². The van der Waals surface area contributed by atoms with Crippen molar-refractivity contribution >= 4 is 17.1 Å². The minimum atomic E-state index is -4.38. The van der Waals surface area contributed by atoms with Crippen LogP contribution >= 0.6 is 0 Å². The van der Waals surface area contributed by atoms with Crippen molar-refractivity contribution < 1.29 is 13.2 Å². The summed E-state index contributed by atoms with van der Waals surface area (Å²) in [5.74, 6) is 0.597. The predicted octanol–water partition coefficient (Wildman–Crippen LogP) is 7.00. The van der Waals surface area contributed by atoms with Crippen molar-refractivity contribution in [3.8, 4) is 11.1 Å². The van der Waals surface area contributed by atoms with Crippen molar-refractivity contribution in [1.82, 2.24) is 9.55 Å². The molecule has 0 amide bonds. The molecule has 0 aliphatic rings. The lowest BCUT2D eigenvalue weighted by molar-refractivity contribution is -0.137. The van der Waals surface area contributed by atoms with Crippen LogP contribution in [0.2, 0.25) is 0 Å². The molecule has 3 aromatic carbocycles. The van der Waals surface area contributed by atoms with Crippen molar-refractivity contribution in [2.45, 2.75) is 51.7 Å². The van der Waals surface area contributed by atoms with Crippen molar-refractivity contribution in [2.24, 2.45) is 0 Å². The first-order chi connectivity index (χ1) is 17.3. The molecule has 0 fully saturated rings. The summed E-state index contributed by atoms with van der Waals surface area (Å²) >= 11 is 0. The van der Waals surface area contributed by atoms with Gasteiger partial charge < -0.3 is 5.41 Å². The average molecular weight is 492 g/mol. The average Bonchev–Trinajstić information content (AvgIpc) is 2.86. The molecule has 0 bridgehead atoms. The molecule has 0 aliphatic heterocycles. The normalized spacial score (nSPS) is 11.7. The highest BCUT2D eigenvalue weighted by Crippen LogP contribution is 2.31. The van der Waals surface area contributed by atoms with Crippen LogP contribution < -0.4 is 5.56 Å². The number of unbranched alkanes of at least 4 members (excludes halogenated alkanes) is 2. The third-order valence-corrected chi connectivity index (χ3v) is 6.40. The molecule has 0 aliphatic carbocycles. The Morgan fingerprint density at radius 1 is 0.889 bits per heavy atom. The Bertz CT molecular complexity index is 1410. The number of aromatic nitrogens is 2. The molecule has 0 atom stereocenters. The lowest BCUT2D eigenvalue weighted by Gasteiger charge is -2.12. The lowest BCUT2D eigenvalue weighted by atomic mass is 10.0. The van der Waals surface area contributed by atoms with Crippen LogP contribution in [0.1, 0.15) is 41.8 Å². The maximum Gasteiger partial charge on any atom is 0.416 e. The lowest BCUT2D eigenvalue weighted by Crippen LogP contribution is -2.24. The number of fused-ring (bicyclic) bond motifs is 1. The van der Waals surface area contributed by atoms with E-state index < -0.39 is 11.7 Å². The van der Waals surface area contributed by atoms with Gasteiger partial charge in [-0.15, -0.1) is 0 Å². The van der Waals surface area contributed by atoms with Crippen LogP contribution in [0.15, 0.2) is 71.5 Å². The van der Waals surface area contributed by atoms with E-state index in [1.807, 2.05) is 0 Å². The van der Waals surface area contributed by atoms with Crippen LogP contribution in [0.25, 0.3) is 22.0 Å². The van der Waals surface area contributed by atoms with E-state index in [0.29, 0.717) is 40.8 Å². The smallest absolute Gasteiger partial charge is 0.313 e. The molecule has 0 saturated heterocycles. The summed E-state index contributed by atoms with van der Waals surface area (Å²) in [4.78, 5) is 17.8. The Kier molecular flexibility index (Phi) is 7.67. The summed E-state index contributed by atoms with van der Waals surface area (Å²) in [6.07, 6.45) is 1.67. The van der Waals surface area contributed by atoms with Gasteiger partial charge in [0.15, 0.2) is 0 Å². The van der Waals surface area contributed by atoms with E-state index in [-0.39, 0.29) is 5.56 Å². The topological polar surface area (TPSA) is 58.7 Å². The molecule has 36 heavy (non-hydrogen) atoms. The Labute approximate surface area is 208 Å². The van der Waals surface area contributed by atoms with Crippen molar-refractivity contribution in [3.05, 3.63) is 99.6 Å². The van der Waals surface area contributed by atoms with Gasteiger partial charge in [0.1, 0.15) is 5.82 Å². The summed E-state index contributed by atoms with van der Waals surface area (Å²) in [5.41, 5.74) is 3.45. The summed E-state index contributed by atoms with van der Waals surface area (Å²) < 4.78 is 40.3. The number of rotatable bonds is 9. The molecule has 0 saturated carbocycles. The minimum absolute atomic E-state index is 0.126. The summed E-state index contributed by atoms with van der Waals surface area (Å²) in [6.45, 7) is 2.30. The molecular weight excluding hydrogens is 463 g/mol. The first kappa shape index (κ1) is 25.4. The molecular formula is C29H28F3N3O. The van der Waals surface area contributed by atoms with Crippen LogP contribution in [-0.2, 0) is 25.6 Å². The Morgan fingerprint density at radius 2 is 1.53 bits per heavy atom. The fourth-order valence-corrected chi connectivity index (χ4v) is 4.32. The van der Waals surface area contributed by atoms with E-state index in [1.165, 1.54) is 23.9 Å². The fraction of sp³-hybridized carbons (Fsp3) is 0.276. The van der Waals surface area contributed by atoms with Crippen LogP contribution in [0, 0.1) is 12.3 Å². The Balaban J connectivity index is 1.49. The van der Waals surface area contributed by atoms with Crippen molar-refractivity contribution in [2.75, 3.05) is 0 Å². The monoisotopic (exact) mass is 491 g/mol. The molecule has 0 spiro atoms. The van der Waals surface area contributed by atoms with E-state index in [2.05, 4.69) is 29.2 Å². The number of hydrogen-bond donors (Lipinski definition) is 1. The van der Waals surface area contributed by atoms with Crippen LogP contribution in [0.4, 0.5) is 13.2 Å². The molecule has 4 rings (SSSR count). The van der Waals surface area contributed by atoms with Gasteiger partial charge in [-0.3, -0.25) is 9.36 Å². The zero-order chi connectivity index (χ0) is 25.7. The zero-order valence-corrected chi connectivity index (χ0v) is 20.1. The third kappa shape index (κ3) is 5.90. The second-order valence-electron chi connectivity index (χ2n) is 8.94. The highest BCUT2D eigenvalue weighted by atomic mass is 19.4. The van der Waals surface area contributed by atoms with E-state index in [0.717, 1.165) is 43.4 Å². The van der Waals surface area contributed by atoms with Crippen LogP contribution in [0.5, 0.6) is 0 Å². The molecule has 1 N–H and O–H groups in total. The van der Waals surface area contributed by atoms with Gasteiger partial charge in [0.05, 0.1) is 16.5 Å². The van der Waals surface area contributed by atoms with Gasteiger partial charge in [-0.25, -0.2) is 4.98 Å². The quantitative estimate of drug-likeness (QED) is 0.203. The van der Waals surface area contributed by atoms with Gasteiger partial charge in [0.25, 0.3) is 5.56 Å². The molecule has 186 valence electrons. The number of hydrogen-bond acceptors (Lipinski definition) is 3. The van der Waals surface area contributed by atoms with Gasteiger partial charge in [-0.1, -0.05) is 42.5 Å². The Morgan fingerprint density at radius 3 is 2.17 bits per heavy atom. The molecule has 1 heterocycles. The molecule has 0 radical (unpaired) electrons. The molecule has 7 heteroatoms. The number of alkyl halides is 3. The standard InChI is InChI=1S/C29H28F3N3O/c1-20-34-27-19-24(23-10-13-25(14-11-23)29(30,31)32)12-15-26(27)28(36)35(20)18-16-22-8-6-21(7-9-22)5-3-2-4-17-33/h6-15,17,19,33H,2-5,16,18H2,1H3. The first-order valence-electron chi connectivity index (χ1n) is 12.0. The number of nitrogens with zero attached hydrogens (tertiary/aromatic N) is 2. The number of aryl methyl sites for hydroxylation is 3. The summed E-state index contributed by atoms with van der Waals surface area (Å²) in [6, 6.07) is 18.6. The second-order valence-corrected chi connectivity index (χ2v) is 8.94. The zero-order valence-electron chi connectivity index (χ0n) is 20.1. The van der Waals surface area contributed by atoms with Gasteiger partial charge in [0, 0.05) is 6.54 Å². The minimum Gasteiger partial charge on any atom is -0.313 e. The molecule has 0 unspecified atom stereocenters. The maximum atomic E-state index is 13.2. The van der Waals surface area contributed by atoms with Gasteiger partial charge in [-0.05, 0) is 91.8 Å². The third-order valence-electron chi connectivity index (χ3n) is 6.40. The highest BCUT2D eigenvalue weighted by molar-refractivity contribution is 5.83. The van der Waals surface area contributed by atoms with E-state index in [9.17, 15) is 18.0 Å². The van der Waals surface area contributed by atoms with Crippen LogP contribution in [0.3, 0.4) is 0 Å². The number of nitrogens with one attached hydrogen (secondary N) is 1. The van der Waals surface area contributed by atoms with Gasteiger partial charge >= 0.3 is 6.18 Å². The van der Waals surface area contributed by atoms with Crippen molar-refractivity contribution in [1.29, 1.82) is 5.41 Å². The SMILES string of the molecule is Cc1nc2cc(-c3ccc(C(F)(F)F)cc3)ccc2c(=O)n1CCc1ccc(CCCCC=N)cc1. The summed E-state index contributed by atoms with van der Waals surface area (Å²) in [7, 11) is 0. The summed E-state index contributed by atoms with van der Waals surface area (Å²) in [5, 5.41) is 7.57. The largest absolute Gasteiger partial charge is 0.416 e. The van der Waals surface area contributed by atoms with Crippen molar-refractivity contribution in [3.63, 3.8) is 0 Å². The van der Waals surface area contributed by atoms with E-state index in [4.69, 9.17) is 5.41 Å². The fourth-order valence-electron chi connectivity index (χ4n) is 4.32. The van der Waals surface area contributed by atoms with Gasteiger partial charge in [-0.2, -0.15) is 13.2 Å². The van der Waals surface area contributed by atoms with Gasteiger partial charge in [0.2, 0.25) is 0 Å². The first-order valence-corrected chi connectivity index (χ1v) is 12.0. The van der Waals surface area contributed by atoms with E-state index in [1.54, 1.807) is 29.7 Å². The molecule has 4 nitrogen and oxygen atoms in total. The maximum absolute atomic E-state index is 13.2. The highest BCUT2D eigenvalue weighted by Gasteiger charge is 2.30. The number of benzene rings is 3. The second kappa shape index (κ2) is 10.9. The Hall–Kier alpha value is -3.74. The molecule has 1 aromatic heterocycles.